The van der Waals surface area contributed by atoms with Gasteiger partial charge in [-0.15, -0.1) is 0 Å². The van der Waals surface area contributed by atoms with Crippen molar-refractivity contribution >= 4 is 0 Å². The Morgan fingerprint density at radius 2 is 1.50 bits per heavy atom. The molecule has 0 atom stereocenters. The Hall–Kier alpha value is -0.900. The molecule has 1 aromatic carbocycles. The fourth-order valence-electron chi connectivity index (χ4n) is 1.79. The van der Waals surface area contributed by atoms with E-state index in [2.05, 4.69) is 41.8 Å². The number of hydrogen-bond acceptors (Lipinski definition) is 3. The zero-order chi connectivity index (χ0) is 13.1. The quantitative estimate of drug-likeness (QED) is 0.556. The van der Waals surface area contributed by atoms with Gasteiger partial charge in [-0.2, -0.15) is 0 Å². The molecule has 0 aromatic heterocycles. The molecule has 1 aromatic rings. The van der Waals surface area contributed by atoms with E-state index >= 15 is 0 Å². The summed E-state index contributed by atoms with van der Waals surface area (Å²) in [4.78, 5) is 0. The van der Waals surface area contributed by atoms with E-state index in [4.69, 9.17) is 5.73 Å². The van der Waals surface area contributed by atoms with Gasteiger partial charge in [0.15, 0.2) is 0 Å². The minimum Gasteiger partial charge on any atom is -0.326 e. The van der Waals surface area contributed by atoms with Crippen molar-refractivity contribution in [1.82, 2.24) is 10.6 Å². The first-order valence-corrected chi connectivity index (χ1v) is 7.06. The van der Waals surface area contributed by atoms with Crippen LogP contribution in [0.3, 0.4) is 0 Å². The van der Waals surface area contributed by atoms with Crippen molar-refractivity contribution in [2.75, 3.05) is 19.6 Å². The van der Waals surface area contributed by atoms with Crippen LogP contribution in [0.4, 0.5) is 0 Å². The number of nitrogens with one attached hydrogen (secondary N) is 2. The lowest BCUT2D eigenvalue weighted by atomic mass is 10.1. The molecule has 3 heteroatoms. The number of nitrogens with two attached hydrogens (primary N) is 1. The standard InChI is InChI=1S/C15H27N3/c1-2-3-9-17-10-4-11-18-13-15-7-5-14(12-16)6-8-15/h5-8,17-18H,2-4,9-13,16H2,1H3. The minimum atomic E-state index is 0.622. The van der Waals surface area contributed by atoms with Crippen molar-refractivity contribution in [3.63, 3.8) is 0 Å². The maximum atomic E-state index is 5.57. The molecule has 0 aliphatic heterocycles. The van der Waals surface area contributed by atoms with E-state index < -0.39 is 0 Å². The number of unbranched alkanes of at least 4 members (excludes halogenated alkanes) is 1. The summed E-state index contributed by atoms with van der Waals surface area (Å²) in [5.41, 5.74) is 8.09. The Bertz CT molecular complexity index is 295. The molecule has 0 bridgehead atoms. The number of benzene rings is 1. The smallest absolute Gasteiger partial charge is 0.0205 e. The molecule has 18 heavy (non-hydrogen) atoms. The van der Waals surface area contributed by atoms with Gasteiger partial charge in [-0.05, 0) is 43.6 Å². The summed E-state index contributed by atoms with van der Waals surface area (Å²) in [5.74, 6) is 0. The molecule has 0 spiro atoms. The highest BCUT2D eigenvalue weighted by Crippen LogP contribution is 2.03. The van der Waals surface area contributed by atoms with E-state index in [-0.39, 0.29) is 0 Å². The van der Waals surface area contributed by atoms with Crippen molar-refractivity contribution in [3.05, 3.63) is 35.4 Å². The summed E-state index contributed by atoms with van der Waals surface area (Å²) in [7, 11) is 0. The van der Waals surface area contributed by atoms with Gasteiger partial charge in [-0.1, -0.05) is 37.6 Å². The first-order valence-electron chi connectivity index (χ1n) is 7.06. The molecule has 0 saturated carbocycles. The van der Waals surface area contributed by atoms with Crippen molar-refractivity contribution in [2.45, 2.75) is 39.3 Å². The molecular formula is C15H27N3. The predicted octanol–water partition coefficient (Wildman–Crippen LogP) is 2.01. The van der Waals surface area contributed by atoms with Crippen LogP contribution in [-0.4, -0.2) is 19.6 Å². The highest BCUT2D eigenvalue weighted by molar-refractivity contribution is 5.22. The molecule has 0 unspecified atom stereocenters. The van der Waals surface area contributed by atoms with Gasteiger partial charge in [-0.25, -0.2) is 0 Å². The molecular weight excluding hydrogens is 222 g/mol. The van der Waals surface area contributed by atoms with Crippen LogP contribution in [0.15, 0.2) is 24.3 Å². The van der Waals surface area contributed by atoms with E-state index in [1.54, 1.807) is 0 Å². The van der Waals surface area contributed by atoms with Crippen LogP contribution in [0.25, 0.3) is 0 Å². The van der Waals surface area contributed by atoms with Crippen LogP contribution in [0.2, 0.25) is 0 Å². The molecule has 0 fully saturated rings. The van der Waals surface area contributed by atoms with E-state index in [0.717, 1.165) is 26.2 Å². The van der Waals surface area contributed by atoms with Gasteiger partial charge in [0, 0.05) is 13.1 Å². The fourth-order valence-corrected chi connectivity index (χ4v) is 1.79. The molecule has 102 valence electrons. The average Bonchev–Trinajstić information content (AvgIpc) is 2.42. The third-order valence-electron chi connectivity index (χ3n) is 3.00. The summed E-state index contributed by atoms with van der Waals surface area (Å²) in [5, 5.41) is 6.90. The Kier molecular flexibility index (Phi) is 8.47. The van der Waals surface area contributed by atoms with Crippen LogP contribution in [0.1, 0.15) is 37.3 Å². The van der Waals surface area contributed by atoms with E-state index in [1.807, 2.05) is 0 Å². The van der Waals surface area contributed by atoms with Gasteiger partial charge in [0.2, 0.25) is 0 Å². The summed E-state index contributed by atoms with van der Waals surface area (Å²) < 4.78 is 0. The van der Waals surface area contributed by atoms with Gasteiger partial charge < -0.3 is 16.4 Å². The van der Waals surface area contributed by atoms with E-state index in [1.165, 1.54) is 30.4 Å². The highest BCUT2D eigenvalue weighted by atomic mass is 14.9. The molecule has 4 N–H and O–H groups in total. The molecule has 0 aliphatic carbocycles. The zero-order valence-electron chi connectivity index (χ0n) is 11.5. The molecule has 1 rings (SSSR count). The normalized spacial score (nSPS) is 10.8. The Morgan fingerprint density at radius 1 is 0.889 bits per heavy atom. The van der Waals surface area contributed by atoms with Gasteiger partial charge in [0.05, 0.1) is 0 Å². The number of rotatable bonds is 10. The summed E-state index contributed by atoms with van der Waals surface area (Å²) in [6, 6.07) is 8.50. The molecule has 0 radical (unpaired) electrons. The topological polar surface area (TPSA) is 50.1 Å². The maximum Gasteiger partial charge on any atom is 0.0205 e. The lowest BCUT2D eigenvalue weighted by Gasteiger charge is -2.06. The highest BCUT2D eigenvalue weighted by Gasteiger charge is 1.93. The monoisotopic (exact) mass is 249 g/mol. The predicted molar refractivity (Wildman–Crippen MR) is 78.4 cm³/mol. The largest absolute Gasteiger partial charge is 0.326 e. The van der Waals surface area contributed by atoms with Crippen LogP contribution in [-0.2, 0) is 13.1 Å². The molecule has 0 saturated heterocycles. The lowest BCUT2D eigenvalue weighted by molar-refractivity contribution is 0.581. The fraction of sp³-hybridized carbons (Fsp3) is 0.600. The first kappa shape index (κ1) is 15.2. The van der Waals surface area contributed by atoms with Crippen molar-refractivity contribution < 1.29 is 0 Å². The molecule has 0 amide bonds. The van der Waals surface area contributed by atoms with E-state index in [9.17, 15) is 0 Å². The van der Waals surface area contributed by atoms with Crippen LogP contribution < -0.4 is 16.4 Å². The van der Waals surface area contributed by atoms with Gasteiger partial charge in [-0.3, -0.25) is 0 Å². The lowest BCUT2D eigenvalue weighted by Crippen LogP contribution is -2.22. The molecule has 3 nitrogen and oxygen atoms in total. The Balaban J connectivity index is 2.00. The summed E-state index contributed by atoms with van der Waals surface area (Å²) in [6.45, 7) is 7.12. The second kappa shape index (κ2) is 10.1. The Morgan fingerprint density at radius 3 is 2.17 bits per heavy atom. The second-order valence-electron chi connectivity index (χ2n) is 4.65. The Labute approximate surface area is 111 Å². The first-order chi connectivity index (χ1) is 8.86. The second-order valence-corrected chi connectivity index (χ2v) is 4.65. The zero-order valence-corrected chi connectivity index (χ0v) is 11.5. The maximum absolute atomic E-state index is 5.57. The third kappa shape index (κ3) is 6.74. The van der Waals surface area contributed by atoms with Crippen molar-refractivity contribution in [2.24, 2.45) is 5.73 Å². The van der Waals surface area contributed by atoms with Gasteiger partial charge >= 0.3 is 0 Å². The van der Waals surface area contributed by atoms with Gasteiger partial charge in [0.1, 0.15) is 0 Å². The van der Waals surface area contributed by atoms with Crippen molar-refractivity contribution in [3.8, 4) is 0 Å². The molecule has 0 aliphatic rings. The van der Waals surface area contributed by atoms with Crippen LogP contribution >= 0.6 is 0 Å². The number of hydrogen-bond donors (Lipinski definition) is 3. The SMILES string of the molecule is CCCCNCCCNCc1ccc(CN)cc1. The summed E-state index contributed by atoms with van der Waals surface area (Å²) in [6.07, 6.45) is 3.73. The average molecular weight is 249 g/mol. The minimum absolute atomic E-state index is 0.622. The molecule has 0 heterocycles. The van der Waals surface area contributed by atoms with Crippen LogP contribution in [0, 0.1) is 0 Å². The third-order valence-corrected chi connectivity index (χ3v) is 3.00. The van der Waals surface area contributed by atoms with Crippen LogP contribution in [0.5, 0.6) is 0 Å². The van der Waals surface area contributed by atoms with Gasteiger partial charge in [0.25, 0.3) is 0 Å². The summed E-state index contributed by atoms with van der Waals surface area (Å²) >= 11 is 0. The van der Waals surface area contributed by atoms with Crippen molar-refractivity contribution in [1.29, 1.82) is 0 Å². The van der Waals surface area contributed by atoms with E-state index in [0.29, 0.717) is 6.54 Å².